The highest BCUT2D eigenvalue weighted by Gasteiger charge is 2.53. The molecule has 1 aliphatic heterocycles. The van der Waals surface area contributed by atoms with Crippen LogP contribution in [0.4, 0.5) is 5.69 Å². The molecule has 1 amide bonds. The van der Waals surface area contributed by atoms with Crippen LogP contribution in [0, 0.1) is 5.92 Å². The first kappa shape index (κ1) is 13.8. The Bertz CT molecular complexity index is 586. The summed E-state index contributed by atoms with van der Waals surface area (Å²) in [4.78, 5) is 24.6. The summed E-state index contributed by atoms with van der Waals surface area (Å²) >= 11 is 3.36. The Labute approximate surface area is 125 Å². The highest BCUT2D eigenvalue weighted by atomic mass is 79.9. The quantitative estimate of drug-likeness (QED) is 0.774. The number of amides is 1. The monoisotopic (exact) mass is 337 g/mol. The highest BCUT2D eigenvalue weighted by Crippen LogP contribution is 2.45. The van der Waals surface area contributed by atoms with Crippen LogP contribution in [0.5, 0.6) is 0 Å². The van der Waals surface area contributed by atoms with Crippen LogP contribution in [0.15, 0.2) is 22.7 Å². The van der Waals surface area contributed by atoms with Gasteiger partial charge in [0.15, 0.2) is 5.60 Å². The number of carbonyl (C=O) groups is 2. The fourth-order valence-corrected chi connectivity index (χ4v) is 3.59. The minimum atomic E-state index is -1.72. The van der Waals surface area contributed by atoms with Crippen molar-refractivity contribution in [2.75, 3.05) is 5.32 Å². The molecule has 1 heterocycles. The second-order valence-corrected chi connectivity index (χ2v) is 6.44. The van der Waals surface area contributed by atoms with Crippen molar-refractivity contribution < 1.29 is 14.7 Å². The maximum Gasteiger partial charge on any atom is 0.261 e. The zero-order valence-corrected chi connectivity index (χ0v) is 12.6. The standard InChI is InChI=1S/C15H16BrNO3/c16-9-6-7-12-11(8-9)15(20,14(19)17-12)10-4-2-1-3-5-13(10)18/h6-8,10,20H,1-5H2,(H,17,19)/t10-,15-/m1/s1. The van der Waals surface area contributed by atoms with Crippen molar-refractivity contribution >= 4 is 33.3 Å². The molecule has 20 heavy (non-hydrogen) atoms. The van der Waals surface area contributed by atoms with Crippen molar-refractivity contribution in [1.82, 2.24) is 0 Å². The van der Waals surface area contributed by atoms with Crippen molar-refractivity contribution in [3.8, 4) is 0 Å². The molecule has 1 aromatic rings. The van der Waals surface area contributed by atoms with E-state index in [1.165, 1.54) is 0 Å². The van der Waals surface area contributed by atoms with Gasteiger partial charge in [0.05, 0.1) is 5.92 Å². The summed E-state index contributed by atoms with van der Waals surface area (Å²) in [6.07, 6.45) is 3.71. The fraction of sp³-hybridized carbons (Fsp3) is 0.467. The Hall–Kier alpha value is -1.20. The summed E-state index contributed by atoms with van der Waals surface area (Å²) in [6.45, 7) is 0. The number of nitrogens with one attached hydrogen (secondary N) is 1. The lowest BCUT2D eigenvalue weighted by molar-refractivity contribution is -0.148. The minimum absolute atomic E-state index is 0.00650. The lowest BCUT2D eigenvalue weighted by Gasteiger charge is -2.29. The van der Waals surface area contributed by atoms with Gasteiger partial charge in [-0.15, -0.1) is 0 Å². The van der Waals surface area contributed by atoms with E-state index < -0.39 is 17.4 Å². The summed E-state index contributed by atoms with van der Waals surface area (Å²) in [5.74, 6) is -1.13. The van der Waals surface area contributed by atoms with E-state index in [0.717, 1.165) is 23.7 Å². The van der Waals surface area contributed by atoms with Gasteiger partial charge < -0.3 is 10.4 Å². The molecule has 3 rings (SSSR count). The van der Waals surface area contributed by atoms with Gasteiger partial charge in [-0.05, 0) is 31.0 Å². The Balaban J connectivity index is 2.09. The summed E-state index contributed by atoms with van der Waals surface area (Å²) in [5.41, 5.74) is -0.615. The van der Waals surface area contributed by atoms with Gasteiger partial charge in [-0.2, -0.15) is 0 Å². The summed E-state index contributed by atoms with van der Waals surface area (Å²) < 4.78 is 0.784. The molecule has 0 aromatic heterocycles. The topological polar surface area (TPSA) is 66.4 Å². The zero-order chi connectivity index (χ0) is 14.3. The number of fused-ring (bicyclic) bond motifs is 1. The third kappa shape index (κ3) is 2.00. The van der Waals surface area contributed by atoms with Crippen LogP contribution in [0.1, 0.15) is 37.7 Å². The number of rotatable bonds is 1. The van der Waals surface area contributed by atoms with Crippen LogP contribution in [-0.4, -0.2) is 16.8 Å². The number of ketones is 1. The number of halogens is 1. The summed E-state index contributed by atoms with van der Waals surface area (Å²) in [7, 11) is 0. The molecule has 1 aliphatic carbocycles. The molecule has 0 unspecified atom stereocenters. The van der Waals surface area contributed by atoms with Crippen molar-refractivity contribution in [1.29, 1.82) is 0 Å². The van der Waals surface area contributed by atoms with E-state index in [-0.39, 0.29) is 5.78 Å². The number of anilines is 1. The smallest absolute Gasteiger partial charge is 0.261 e. The van der Waals surface area contributed by atoms with E-state index in [1.54, 1.807) is 18.2 Å². The van der Waals surface area contributed by atoms with Gasteiger partial charge in [0.1, 0.15) is 5.78 Å². The van der Waals surface area contributed by atoms with Crippen LogP contribution >= 0.6 is 15.9 Å². The van der Waals surface area contributed by atoms with E-state index in [1.807, 2.05) is 0 Å². The van der Waals surface area contributed by atoms with E-state index >= 15 is 0 Å². The number of carbonyl (C=O) groups excluding carboxylic acids is 2. The lowest BCUT2D eigenvalue weighted by atomic mass is 9.77. The van der Waals surface area contributed by atoms with Gasteiger partial charge >= 0.3 is 0 Å². The molecular weight excluding hydrogens is 322 g/mol. The highest BCUT2D eigenvalue weighted by molar-refractivity contribution is 9.10. The van der Waals surface area contributed by atoms with Gasteiger partial charge in [-0.1, -0.05) is 28.8 Å². The van der Waals surface area contributed by atoms with Crippen LogP contribution < -0.4 is 5.32 Å². The Kier molecular flexibility index (Phi) is 3.42. The molecule has 1 fully saturated rings. The van der Waals surface area contributed by atoms with Crippen molar-refractivity contribution in [3.63, 3.8) is 0 Å². The first-order valence-electron chi connectivity index (χ1n) is 6.90. The molecule has 0 spiro atoms. The van der Waals surface area contributed by atoms with Gasteiger partial charge in [-0.3, -0.25) is 9.59 Å². The molecule has 4 nitrogen and oxygen atoms in total. The molecule has 0 saturated heterocycles. The van der Waals surface area contributed by atoms with Crippen LogP contribution in [0.2, 0.25) is 0 Å². The average Bonchev–Trinajstić information content (AvgIpc) is 2.57. The second kappa shape index (κ2) is 4.97. The maximum atomic E-state index is 12.3. The molecule has 2 aliphatic rings. The van der Waals surface area contributed by atoms with Gasteiger partial charge in [0, 0.05) is 22.1 Å². The SMILES string of the molecule is O=C1CCCCC[C@H]1[C@]1(O)C(=O)Nc2ccc(Br)cc21. The molecule has 5 heteroatoms. The normalized spacial score (nSPS) is 29.8. The molecule has 0 bridgehead atoms. The Morgan fingerprint density at radius 1 is 1.25 bits per heavy atom. The number of aliphatic hydroxyl groups is 1. The third-order valence-electron chi connectivity index (χ3n) is 4.30. The molecule has 0 radical (unpaired) electrons. The first-order chi connectivity index (χ1) is 9.53. The Morgan fingerprint density at radius 3 is 2.85 bits per heavy atom. The zero-order valence-electron chi connectivity index (χ0n) is 11.0. The minimum Gasteiger partial charge on any atom is -0.375 e. The van der Waals surface area contributed by atoms with Crippen LogP contribution in [-0.2, 0) is 15.2 Å². The fourth-order valence-electron chi connectivity index (χ4n) is 3.23. The predicted octanol–water partition coefficient (Wildman–Crippen LogP) is 2.74. The van der Waals surface area contributed by atoms with Gasteiger partial charge in [-0.25, -0.2) is 0 Å². The van der Waals surface area contributed by atoms with Crippen LogP contribution in [0.3, 0.4) is 0 Å². The number of hydrogen-bond acceptors (Lipinski definition) is 3. The predicted molar refractivity (Wildman–Crippen MR) is 78.3 cm³/mol. The summed E-state index contributed by atoms with van der Waals surface area (Å²) in [6, 6.07) is 5.28. The van der Waals surface area contributed by atoms with E-state index in [4.69, 9.17) is 0 Å². The van der Waals surface area contributed by atoms with E-state index in [2.05, 4.69) is 21.2 Å². The average molecular weight is 338 g/mol. The van der Waals surface area contributed by atoms with Crippen molar-refractivity contribution in [2.24, 2.45) is 5.92 Å². The first-order valence-corrected chi connectivity index (χ1v) is 7.69. The van der Waals surface area contributed by atoms with Crippen LogP contribution in [0.25, 0.3) is 0 Å². The number of Topliss-reactive ketones (excluding diaryl/α,β-unsaturated/α-hetero) is 1. The van der Waals surface area contributed by atoms with Gasteiger partial charge in [0.2, 0.25) is 0 Å². The molecule has 2 atom stereocenters. The lowest BCUT2D eigenvalue weighted by Crippen LogP contribution is -2.45. The molecule has 2 N–H and O–H groups in total. The molecular formula is C15H16BrNO3. The molecule has 1 saturated carbocycles. The second-order valence-electron chi connectivity index (χ2n) is 5.53. The largest absolute Gasteiger partial charge is 0.375 e. The Morgan fingerprint density at radius 2 is 2.05 bits per heavy atom. The van der Waals surface area contributed by atoms with Crippen molar-refractivity contribution in [2.45, 2.75) is 37.7 Å². The van der Waals surface area contributed by atoms with E-state index in [9.17, 15) is 14.7 Å². The molecule has 1 aromatic carbocycles. The number of hydrogen-bond donors (Lipinski definition) is 2. The number of benzene rings is 1. The van der Waals surface area contributed by atoms with Crippen molar-refractivity contribution in [3.05, 3.63) is 28.2 Å². The van der Waals surface area contributed by atoms with E-state index in [0.29, 0.717) is 24.1 Å². The van der Waals surface area contributed by atoms with Gasteiger partial charge in [0.25, 0.3) is 5.91 Å². The maximum absolute atomic E-state index is 12.3. The molecule has 106 valence electrons. The summed E-state index contributed by atoms with van der Waals surface area (Å²) in [5, 5.41) is 13.7. The third-order valence-corrected chi connectivity index (χ3v) is 4.79.